The summed E-state index contributed by atoms with van der Waals surface area (Å²) in [4.78, 5) is 13.0. The monoisotopic (exact) mass is 440 g/mol. The molecule has 0 amide bonds. The fraction of sp³-hybridized carbons (Fsp3) is 0.391. The third kappa shape index (κ3) is 4.50. The van der Waals surface area contributed by atoms with Gasteiger partial charge in [0.05, 0.1) is 4.90 Å². The lowest BCUT2D eigenvalue weighted by molar-refractivity contribution is 0.308. The van der Waals surface area contributed by atoms with Crippen LogP contribution in [0.4, 0.5) is 0 Å². The summed E-state index contributed by atoms with van der Waals surface area (Å²) >= 11 is 0. The van der Waals surface area contributed by atoms with E-state index in [2.05, 4.69) is 17.2 Å². The van der Waals surface area contributed by atoms with Crippen LogP contribution in [0.15, 0.2) is 64.3 Å². The van der Waals surface area contributed by atoms with Crippen LogP contribution in [0.1, 0.15) is 35.7 Å². The van der Waals surface area contributed by atoms with E-state index in [1.807, 2.05) is 37.3 Å². The van der Waals surface area contributed by atoms with Gasteiger partial charge in [0, 0.05) is 32.6 Å². The lowest BCUT2D eigenvalue weighted by Crippen LogP contribution is -2.38. The Morgan fingerprint density at radius 1 is 1.00 bits per heavy atom. The maximum atomic E-state index is 13.0. The molecule has 1 aliphatic heterocycles. The molecule has 1 aromatic heterocycles. The van der Waals surface area contributed by atoms with Gasteiger partial charge in [-0.15, -0.1) is 0 Å². The van der Waals surface area contributed by atoms with Crippen molar-refractivity contribution >= 4 is 10.0 Å². The molecular weight excluding hydrogens is 412 g/mol. The van der Waals surface area contributed by atoms with Crippen LogP contribution in [-0.2, 0) is 30.0 Å². The number of piperidine rings is 1. The molecule has 0 aliphatic carbocycles. The lowest BCUT2D eigenvalue weighted by Gasteiger charge is -2.30. The van der Waals surface area contributed by atoms with E-state index in [1.54, 1.807) is 28.1 Å². The van der Waals surface area contributed by atoms with Crippen molar-refractivity contribution in [2.45, 2.75) is 43.5 Å². The van der Waals surface area contributed by atoms with E-state index in [4.69, 9.17) is 0 Å². The second kappa shape index (κ2) is 8.80. The first-order chi connectivity index (χ1) is 14.9. The highest BCUT2D eigenvalue weighted by Gasteiger charge is 2.32. The Morgan fingerprint density at radius 3 is 2.29 bits per heavy atom. The van der Waals surface area contributed by atoms with E-state index in [0.717, 1.165) is 17.8 Å². The molecule has 1 saturated heterocycles. The second-order valence-electron chi connectivity index (χ2n) is 8.14. The number of benzene rings is 2. The predicted molar refractivity (Wildman–Crippen MR) is 120 cm³/mol. The summed E-state index contributed by atoms with van der Waals surface area (Å²) in [6.45, 7) is 3.34. The van der Waals surface area contributed by atoms with Crippen LogP contribution in [0, 0.1) is 6.92 Å². The Kier molecular flexibility index (Phi) is 6.11. The Hall–Kier alpha value is -2.71. The molecule has 0 bridgehead atoms. The Morgan fingerprint density at radius 2 is 1.65 bits per heavy atom. The van der Waals surface area contributed by atoms with Crippen LogP contribution in [0.2, 0.25) is 0 Å². The first-order valence-corrected chi connectivity index (χ1v) is 12.0. The number of nitrogens with zero attached hydrogens (tertiary/aromatic N) is 4. The van der Waals surface area contributed by atoms with Gasteiger partial charge < -0.3 is 0 Å². The molecule has 3 aromatic rings. The van der Waals surface area contributed by atoms with Gasteiger partial charge in [-0.05, 0) is 43.9 Å². The highest BCUT2D eigenvalue weighted by molar-refractivity contribution is 7.89. The van der Waals surface area contributed by atoms with Crippen LogP contribution in [-0.4, -0.2) is 40.2 Å². The zero-order valence-corrected chi connectivity index (χ0v) is 18.8. The highest BCUT2D eigenvalue weighted by Crippen LogP contribution is 2.29. The molecule has 0 spiro atoms. The van der Waals surface area contributed by atoms with E-state index < -0.39 is 10.0 Å². The van der Waals surface area contributed by atoms with Crippen molar-refractivity contribution in [2.75, 3.05) is 13.1 Å². The van der Waals surface area contributed by atoms with Gasteiger partial charge in [-0.1, -0.05) is 48.0 Å². The van der Waals surface area contributed by atoms with Crippen LogP contribution in [0.5, 0.6) is 0 Å². The van der Waals surface area contributed by atoms with Crippen molar-refractivity contribution in [3.05, 3.63) is 82.0 Å². The molecular formula is C23H28N4O3S. The van der Waals surface area contributed by atoms with E-state index in [0.29, 0.717) is 37.4 Å². The smallest absolute Gasteiger partial charge is 0.278 e. The topological polar surface area (TPSA) is 77.2 Å². The largest absolute Gasteiger partial charge is 0.345 e. The summed E-state index contributed by atoms with van der Waals surface area (Å²) in [5.41, 5.74) is 2.07. The Bertz CT molecular complexity index is 1190. The maximum absolute atomic E-state index is 13.0. The molecule has 0 saturated carbocycles. The molecule has 8 heteroatoms. The summed E-state index contributed by atoms with van der Waals surface area (Å²) in [6.07, 6.45) is 2.04. The quantitative estimate of drug-likeness (QED) is 0.591. The molecule has 0 N–H and O–H groups in total. The van der Waals surface area contributed by atoms with Crippen molar-refractivity contribution in [1.82, 2.24) is 18.7 Å². The van der Waals surface area contributed by atoms with Gasteiger partial charge in [-0.3, -0.25) is 4.57 Å². The molecule has 1 aliphatic rings. The number of hydrogen-bond acceptors (Lipinski definition) is 4. The van der Waals surface area contributed by atoms with Gasteiger partial charge in [-0.2, -0.15) is 9.40 Å². The summed E-state index contributed by atoms with van der Waals surface area (Å²) in [6, 6.07) is 17.0. The molecule has 2 aromatic carbocycles. The highest BCUT2D eigenvalue weighted by atomic mass is 32.2. The average Bonchev–Trinajstić information content (AvgIpc) is 3.07. The molecule has 164 valence electrons. The SMILES string of the molecule is Cc1ccc(S(=O)(=O)N2CCC(c3nn(C)c(=O)n3CCc3ccccc3)CC2)cc1. The van der Waals surface area contributed by atoms with E-state index in [1.165, 1.54) is 10.2 Å². The third-order valence-corrected chi connectivity index (χ3v) is 7.89. The number of hydrogen-bond donors (Lipinski definition) is 0. The van der Waals surface area contributed by atoms with E-state index in [9.17, 15) is 13.2 Å². The van der Waals surface area contributed by atoms with Gasteiger partial charge in [0.2, 0.25) is 10.0 Å². The molecule has 31 heavy (non-hydrogen) atoms. The van der Waals surface area contributed by atoms with Crippen LogP contribution >= 0.6 is 0 Å². The average molecular weight is 441 g/mol. The summed E-state index contributed by atoms with van der Waals surface area (Å²) in [5, 5.41) is 4.50. The summed E-state index contributed by atoms with van der Waals surface area (Å²) < 4.78 is 30.6. The molecule has 2 heterocycles. The van der Waals surface area contributed by atoms with Crippen LogP contribution in [0.3, 0.4) is 0 Å². The maximum Gasteiger partial charge on any atom is 0.345 e. The first kappa shape index (κ1) is 21.5. The summed E-state index contributed by atoms with van der Waals surface area (Å²) in [7, 11) is -1.84. The number of rotatable bonds is 6. The molecule has 0 atom stereocenters. The number of sulfonamides is 1. The number of aromatic nitrogens is 3. The fourth-order valence-corrected chi connectivity index (χ4v) is 5.60. The fourth-order valence-electron chi connectivity index (χ4n) is 4.13. The van der Waals surface area contributed by atoms with Crippen LogP contribution < -0.4 is 5.69 Å². The van der Waals surface area contributed by atoms with Crippen molar-refractivity contribution in [2.24, 2.45) is 7.05 Å². The molecule has 1 fully saturated rings. The second-order valence-corrected chi connectivity index (χ2v) is 10.1. The van der Waals surface area contributed by atoms with Gasteiger partial charge in [-0.25, -0.2) is 17.9 Å². The van der Waals surface area contributed by atoms with E-state index in [-0.39, 0.29) is 11.6 Å². The van der Waals surface area contributed by atoms with E-state index >= 15 is 0 Å². The van der Waals surface area contributed by atoms with Gasteiger partial charge in [0.25, 0.3) is 0 Å². The van der Waals surface area contributed by atoms with Gasteiger partial charge >= 0.3 is 5.69 Å². The Labute approximate surface area is 183 Å². The van der Waals surface area contributed by atoms with Crippen molar-refractivity contribution in [1.29, 1.82) is 0 Å². The minimum absolute atomic E-state index is 0.0640. The third-order valence-electron chi connectivity index (χ3n) is 5.98. The minimum atomic E-state index is -3.50. The number of aryl methyl sites for hydroxylation is 3. The van der Waals surface area contributed by atoms with Crippen molar-refractivity contribution in [3.8, 4) is 0 Å². The van der Waals surface area contributed by atoms with Gasteiger partial charge in [0.1, 0.15) is 5.82 Å². The Balaban J connectivity index is 1.48. The zero-order chi connectivity index (χ0) is 22.0. The van der Waals surface area contributed by atoms with Crippen molar-refractivity contribution < 1.29 is 8.42 Å². The molecule has 0 radical (unpaired) electrons. The molecule has 4 rings (SSSR count). The first-order valence-electron chi connectivity index (χ1n) is 10.6. The van der Waals surface area contributed by atoms with Crippen LogP contribution in [0.25, 0.3) is 0 Å². The summed E-state index contributed by atoms with van der Waals surface area (Å²) in [5.74, 6) is 0.824. The predicted octanol–water partition coefficient (Wildman–Crippen LogP) is 2.70. The van der Waals surface area contributed by atoms with Gasteiger partial charge in [0.15, 0.2) is 0 Å². The molecule has 7 nitrogen and oxygen atoms in total. The normalized spacial score (nSPS) is 15.9. The van der Waals surface area contributed by atoms with Crippen molar-refractivity contribution in [3.63, 3.8) is 0 Å². The lowest BCUT2D eigenvalue weighted by atomic mass is 9.97. The molecule has 0 unspecified atom stereocenters. The zero-order valence-electron chi connectivity index (χ0n) is 17.9. The minimum Gasteiger partial charge on any atom is -0.278 e. The standard InChI is InChI=1S/C23H28N4O3S/c1-18-8-10-21(11-9-18)31(29,30)26-15-13-20(14-16-26)22-24-25(2)23(28)27(22)17-12-19-6-4-3-5-7-19/h3-11,20H,12-17H2,1-2H3.